The molecule has 3 aliphatic rings. The molecule has 0 saturated heterocycles. The fourth-order valence-corrected chi connectivity index (χ4v) is 6.53. The number of amides is 4. The number of rotatable bonds is 4. The molecular formula is C35H30N6O4. The van der Waals surface area contributed by atoms with E-state index in [1.54, 1.807) is 73.3 Å². The molecule has 2 aliphatic heterocycles. The third-order valence-electron chi connectivity index (χ3n) is 9.01. The highest BCUT2D eigenvalue weighted by Gasteiger charge is 2.39. The Labute approximate surface area is 259 Å². The Morgan fingerprint density at radius 1 is 0.600 bits per heavy atom. The van der Waals surface area contributed by atoms with Gasteiger partial charge in [-0.15, -0.1) is 0 Å². The number of imide groups is 2. The number of hydrogen-bond donors (Lipinski definition) is 0. The Morgan fingerprint density at radius 2 is 0.933 bits per heavy atom. The predicted molar refractivity (Wildman–Crippen MR) is 167 cm³/mol. The highest BCUT2D eigenvalue weighted by Crippen LogP contribution is 2.43. The summed E-state index contributed by atoms with van der Waals surface area (Å²) >= 11 is 0. The van der Waals surface area contributed by atoms with Crippen LogP contribution in [0, 0.1) is 11.3 Å². The number of aromatic nitrogens is 4. The number of benzene rings is 2. The monoisotopic (exact) mass is 598 g/mol. The summed E-state index contributed by atoms with van der Waals surface area (Å²) in [6, 6.07) is 13.3. The van der Waals surface area contributed by atoms with Crippen molar-refractivity contribution in [3.05, 3.63) is 112 Å². The summed E-state index contributed by atoms with van der Waals surface area (Å²) < 4.78 is 0. The van der Waals surface area contributed by atoms with Crippen LogP contribution in [0.5, 0.6) is 0 Å². The first-order chi connectivity index (χ1) is 21.6. The van der Waals surface area contributed by atoms with Crippen molar-refractivity contribution in [2.24, 2.45) is 11.3 Å². The van der Waals surface area contributed by atoms with E-state index in [9.17, 15) is 19.2 Å². The fraction of sp³-hybridized carbons (Fsp3) is 0.257. The number of allylic oxidation sites excluding steroid dienone is 1. The van der Waals surface area contributed by atoms with Gasteiger partial charge in [0.15, 0.2) is 0 Å². The van der Waals surface area contributed by atoms with Crippen molar-refractivity contribution in [1.29, 1.82) is 0 Å². The largest absolute Gasteiger partial charge is 0.268 e. The first kappa shape index (κ1) is 28.4. The molecule has 1 aliphatic carbocycles. The van der Waals surface area contributed by atoms with E-state index in [1.807, 2.05) is 0 Å². The number of hydrogen-bond acceptors (Lipinski definition) is 8. The molecule has 1 saturated carbocycles. The lowest BCUT2D eigenvalue weighted by Crippen LogP contribution is -2.31. The lowest BCUT2D eigenvalue weighted by atomic mass is 9.70. The predicted octanol–water partition coefficient (Wildman–Crippen LogP) is 5.91. The molecule has 2 aromatic carbocycles. The zero-order valence-corrected chi connectivity index (χ0v) is 25.2. The van der Waals surface area contributed by atoms with Crippen LogP contribution in [0.2, 0.25) is 0 Å². The summed E-state index contributed by atoms with van der Waals surface area (Å²) in [7, 11) is 0. The first-order valence-electron chi connectivity index (χ1n) is 15.0. The van der Waals surface area contributed by atoms with Crippen molar-refractivity contribution in [3.63, 3.8) is 0 Å². The molecule has 1 fully saturated rings. The van der Waals surface area contributed by atoms with Gasteiger partial charge in [-0.3, -0.25) is 19.2 Å². The summed E-state index contributed by atoms with van der Waals surface area (Å²) in [6.07, 6.45) is 10.2. The standard InChI is InChI=1S/C35H30N6O4/c1-35(2,3)23-14-12-20(13-15-23)28(21-16-36-33(37-17-21)40-29(42)24-8-4-5-9-25(24)30(40)43)22-18-38-34(39-19-22)41-31(44)26-10-6-7-11-27(26)32(41)45/h4-11,16-19,23H,12-15H2,1-3H3. The second-order valence-electron chi connectivity index (χ2n) is 12.6. The van der Waals surface area contributed by atoms with Crippen molar-refractivity contribution in [2.75, 3.05) is 9.80 Å². The molecule has 4 heterocycles. The van der Waals surface area contributed by atoms with Gasteiger partial charge in [0.1, 0.15) is 0 Å². The molecule has 4 amide bonds. The van der Waals surface area contributed by atoms with Gasteiger partial charge in [0.2, 0.25) is 11.9 Å². The van der Waals surface area contributed by atoms with Crippen LogP contribution in [0.3, 0.4) is 0 Å². The molecule has 224 valence electrons. The average molecular weight is 599 g/mol. The van der Waals surface area contributed by atoms with E-state index in [2.05, 4.69) is 40.7 Å². The third kappa shape index (κ3) is 4.73. The zero-order valence-electron chi connectivity index (χ0n) is 25.2. The van der Waals surface area contributed by atoms with Crippen molar-refractivity contribution in [1.82, 2.24) is 19.9 Å². The minimum Gasteiger partial charge on any atom is -0.268 e. The van der Waals surface area contributed by atoms with E-state index in [0.29, 0.717) is 39.3 Å². The molecule has 4 aromatic rings. The number of carbonyl (C=O) groups excluding carboxylic acids is 4. The molecule has 2 aromatic heterocycles. The van der Waals surface area contributed by atoms with Crippen LogP contribution < -0.4 is 9.80 Å². The summed E-state index contributed by atoms with van der Waals surface area (Å²) in [4.78, 5) is 71.9. The highest BCUT2D eigenvalue weighted by atomic mass is 16.2. The molecule has 10 heteroatoms. The van der Waals surface area contributed by atoms with Crippen LogP contribution in [0.1, 0.15) is 99.0 Å². The van der Waals surface area contributed by atoms with Gasteiger partial charge in [-0.25, -0.2) is 29.7 Å². The first-order valence-corrected chi connectivity index (χ1v) is 15.0. The highest BCUT2D eigenvalue weighted by molar-refractivity contribution is 6.34. The van der Waals surface area contributed by atoms with Gasteiger partial charge in [-0.05, 0) is 66.9 Å². The average Bonchev–Trinajstić information content (AvgIpc) is 3.46. The molecule has 0 N–H and O–H groups in total. The molecule has 0 bridgehead atoms. The van der Waals surface area contributed by atoms with Crippen LogP contribution in [-0.4, -0.2) is 43.6 Å². The molecule has 0 radical (unpaired) electrons. The van der Waals surface area contributed by atoms with Crippen LogP contribution in [0.25, 0.3) is 5.57 Å². The fourth-order valence-electron chi connectivity index (χ4n) is 6.53. The number of carbonyl (C=O) groups is 4. The number of anilines is 2. The number of fused-ring (bicyclic) bond motifs is 2. The maximum absolute atomic E-state index is 13.0. The van der Waals surface area contributed by atoms with Crippen molar-refractivity contribution in [3.8, 4) is 0 Å². The molecule has 0 atom stereocenters. The van der Waals surface area contributed by atoms with Gasteiger partial charge in [-0.1, -0.05) is 50.6 Å². The van der Waals surface area contributed by atoms with Crippen LogP contribution in [0.4, 0.5) is 11.9 Å². The Bertz CT molecular complexity index is 1720. The molecule has 0 unspecified atom stereocenters. The molecule has 10 nitrogen and oxygen atoms in total. The normalized spacial score (nSPS) is 18.0. The Hall–Kier alpha value is -5.38. The lowest BCUT2D eigenvalue weighted by molar-refractivity contribution is 0.0908. The van der Waals surface area contributed by atoms with Gasteiger partial charge >= 0.3 is 0 Å². The SMILES string of the molecule is CC(C)(C)C1CCC(=C(c2cnc(N3C(=O)c4ccccc4C3=O)nc2)c2cnc(N3C(=O)c4ccccc4C3=O)nc2)CC1. The Morgan fingerprint density at radius 3 is 1.24 bits per heavy atom. The smallest absolute Gasteiger partial charge is 0.268 e. The quantitative estimate of drug-likeness (QED) is 0.266. The maximum atomic E-state index is 13.0. The number of nitrogens with zero attached hydrogens (tertiary/aromatic N) is 6. The van der Waals surface area contributed by atoms with E-state index in [4.69, 9.17) is 0 Å². The maximum Gasteiger partial charge on any atom is 0.268 e. The van der Waals surface area contributed by atoms with Gasteiger partial charge in [0.05, 0.1) is 22.3 Å². The topological polar surface area (TPSA) is 126 Å². The van der Waals surface area contributed by atoms with Gasteiger partial charge in [0.25, 0.3) is 23.6 Å². The molecule has 45 heavy (non-hydrogen) atoms. The summed E-state index contributed by atoms with van der Waals surface area (Å²) in [6.45, 7) is 6.81. The second kappa shape index (κ2) is 10.7. The van der Waals surface area contributed by atoms with E-state index < -0.39 is 23.6 Å². The summed E-state index contributed by atoms with van der Waals surface area (Å²) in [5.74, 6) is -1.26. The summed E-state index contributed by atoms with van der Waals surface area (Å²) in [5.41, 5.74) is 4.93. The second-order valence-corrected chi connectivity index (χ2v) is 12.6. The van der Waals surface area contributed by atoms with Gasteiger partial charge in [-0.2, -0.15) is 0 Å². The van der Waals surface area contributed by atoms with E-state index in [0.717, 1.165) is 41.1 Å². The third-order valence-corrected chi connectivity index (χ3v) is 9.01. The van der Waals surface area contributed by atoms with Crippen LogP contribution >= 0.6 is 0 Å². The minimum absolute atomic E-state index is 0.00274. The molecular weight excluding hydrogens is 568 g/mol. The molecule has 0 spiro atoms. The van der Waals surface area contributed by atoms with E-state index in [-0.39, 0.29) is 17.3 Å². The summed E-state index contributed by atoms with van der Waals surface area (Å²) in [5, 5.41) is 0. The lowest BCUT2D eigenvalue weighted by Gasteiger charge is -2.35. The van der Waals surface area contributed by atoms with Crippen molar-refractivity contribution >= 4 is 41.1 Å². The van der Waals surface area contributed by atoms with Crippen molar-refractivity contribution < 1.29 is 19.2 Å². The molecule has 7 rings (SSSR count). The Balaban J connectivity index is 1.23. The van der Waals surface area contributed by atoms with E-state index >= 15 is 0 Å². The van der Waals surface area contributed by atoms with Crippen molar-refractivity contribution in [2.45, 2.75) is 46.5 Å². The van der Waals surface area contributed by atoms with Gasteiger partial charge < -0.3 is 0 Å². The van der Waals surface area contributed by atoms with Crippen LogP contribution in [-0.2, 0) is 0 Å². The van der Waals surface area contributed by atoms with Gasteiger partial charge in [0, 0.05) is 35.9 Å². The zero-order chi connectivity index (χ0) is 31.5. The minimum atomic E-state index is -0.459. The van der Waals surface area contributed by atoms with E-state index in [1.165, 1.54) is 5.57 Å². The van der Waals surface area contributed by atoms with Crippen LogP contribution in [0.15, 0.2) is 78.9 Å². The Kier molecular flexibility index (Phi) is 6.72.